The van der Waals surface area contributed by atoms with E-state index in [1.807, 2.05) is 0 Å². The summed E-state index contributed by atoms with van der Waals surface area (Å²) < 4.78 is 0. The molecule has 5 nitrogen and oxygen atoms in total. The Labute approximate surface area is 110 Å². The molecule has 6 heteroatoms. The first-order valence-corrected chi connectivity index (χ1v) is 6.71. The standard InChI is InChI=1S/C12H16ClN5/c1-2-12(4-3-5-12)6-14-9-8-10(16-7-15-8)18-11(13)17-9/h7H,2-6H2,1H3,(H2,14,15,16,17,18). The normalized spacial score (nSPS) is 17.7. The zero-order valence-electron chi connectivity index (χ0n) is 10.3. The summed E-state index contributed by atoms with van der Waals surface area (Å²) in [5, 5.41) is 3.63. The van der Waals surface area contributed by atoms with Gasteiger partial charge >= 0.3 is 0 Å². The van der Waals surface area contributed by atoms with E-state index in [4.69, 9.17) is 11.6 Å². The number of hydrogen-bond acceptors (Lipinski definition) is 4. The molecule has 1 aliphatic rings. The zero-order valence-corrected chi connectivity index (χ0v) is 11.1. The van der Waals surface area contributed by atoms with Crippen molar-refractivity contribution < 1.29 is 0 Å². The molecule has 3 rings (SSSR count). The molecule has 2 aromatic rings. The van der Waals surface area contributed by atoms with Gasteiger partial charge in [-0.1, -0.05) is 13.3 Å². The van der Waals surface area contributed by atoms with E-state index < -0.39 is 0 Å². The van der Waals surface area contributed by atoms with E-state index in [-0.39, 0.29) is 5.28 Å². The molecule has 0 atom stereocenters. The first-order valence-electron chi connectivity index (χ1n) is 6.33. The first-order chi connectivity index (χ1) is 8.72. The number of anilines is 1. The summed E-state index contributed by atoms with van der Waals surface area (Å²) in [5.41, 5.74) is 1.87. The largest absolute Gasteiger partial charge is 0.368 e. The Morgan fingerprint density at radius 2 is 2.28 bits per heavy atom. The summed E-state index contributed by atoms with van der Waals surface area (Å²) in [6.07, 6.45) is 6.73. The average molecular weight is 266 g/mol. The lowest BCUT2D eigenvalue weighted by Gasteiger charge is -2.41. The van der Waals surface area contributed by atoms with Crippen molar-refractivity contribution in [1.82, 2.24) is 19.9 Å². The second-order valence-electron chi connectivity index (χ2n) is 5.00. The van der Waals surface area contributed by atoms with Gasteiger partial charge < -0.3 is 10.3 Å². The van der Waals surface area contributed by atoms with E-state index >= 15 is 0 Å². The molecule has 0 aliphatic heterocycles. The number of hydrogen-bond donors (Lipinski definition) is 2. The van der Waals surface area contributed by atoms with Gasteiger partial charge in [0.05, 0.1) is 6.33 Å². The van der Waals surface area contributed by atoms with Crippen LogP contribution in [0.15, 0.2) is 6.33 Å². The third kappa shape index (κ3) is 1.92. The molecule has 1 saturated carbocycles. The van der Waals surface area contributed by atoms with Crippen LogP contribution in [0.2, 0.25) is 5.28 Å². The zero-order chi connectivity index (χ0) is 12.6. The predicted octanol–water partition coefficient (Wildman–Crippen LogP) is 3.00. The number of nitrogens with zero attached hydrogens (tertiary/aromatic N) is 3. The molecule has 0 spiro atoms. The van der Waals surface area contributed by atoms with Crippen LogP contribution in [0, 0.1) is 5.41 Å². The van der Waals surface area contributed by atoms with Crippen molar-refractivity contribution >= 4 is 28.6 Å². The molecule has 0 unspecified atom stereocenters. The van der Waals surface area contributed by atoms with Crippen molar-refractivity contribution in [1.29, 1.82) is 0 Å². The molecule has 0 bridgehead atoms. The molecule has 1 fully saturated rings. The lowest BCUT2D eigenvalue weighted by atomic mass is 9.67. The Bertz CT molecular complexity index is 555. The van der Waals surface area contributed by atoms with Crippen molar-refractivity contribution in [2.24, 2.45) is 5.41 Å². The van der Waals surface area contributed by atoms with E-state index in [1.54, 1.807) is 6.33 Å². The van der Waals surface area contributed by atoms with Gasteiger partial charge in [-0.25, -0.2) is 4.98 Å². The van der Waals surface area contributed by atoms with Crippen LogP contribution in [0.4, 0.5) is 5.82 Å². The smallest absolute Gasteiger partial charge is 0.226 e. The molecule has 0 saturated heterocycles. The fourth-order valence-corrected chi connectivity index (χ4v) is 2.70. The molecule has 0 aromatic carbocycles. The SMILES string of the molecule is CCC1(CNc2nc(Cl)nc3nc[nH]c23)CCC1. The van der Waals surface area contributed by atoms with Gasteiger partial charge in [-0.05, 0) is 36.3 Å². The molecule has 18 heavy (non-hydrogen) atoms. The maximum atomic E-state index is 5.90. The topological polar surface area (TPSA) is 66.5 Å². The summed E-state index contributed by atoms with van der Waals surface area (Å²) in [6, 6.07) is 0. The third-order valence-corrected chi connectivity index (χ3v) is 4.22. The molecular weight excluding hydrogens is 250 g/mol. The van der Waals surface area contributed by atoms with E-state index in [0.717, 1.165) is 17.9 Å². The van der Waals surface area contributed by atoms with Crippen LogP contribution < -0.4 is 5.32 Å². The highest BCUT2D eigenvalue weighted by Crippen LogP contribution is 2.43. The van der Waals surface area contributed by atoms with E-state index in [9.17, 15) is 0 Å². The summed E-state index contributed by atoms with van der Waals surface area (Å²) in [5.74, 6) is 0.752. The number of aromatic nitrogens is 4. The van der Waals surface area contributed by atoms with Gasteiger partial charge in [-0.2, -0.15) is 9.97 Å². The maximum Gasteiger partial charge on any atom is 0.226 e. The molecule has 96 valence electrons. The summed E-state index contributed by atoms with van der Waals surface area (Å²) in [6.45, 7) is 3.19. The van der Waals surface area contributed by atoms with Crippen molar-refractivity contribution in [2.75, 3.05) is 11.9 Å². The third-order valence-electron chi connectivity index (χ3n) is 4.05. The lowest BCUT2D eigenvalue weighted by Crippen LogP contribution is -2.36. The summed E-state index contributed by atoms with van der Waals surface area (Å²) >= 11 is 5.90. The maximum absolute atomic E-state index is 5.90. The van der Waals surface area contributed by atoms with Crippen LogP contribution >= 0.6 is 11.6 Å². The van der Waals surface area contributed by atoms with Gasteiger partial charge in [0, 0.05) is 6.54 Å². The van der Waals surface area contributed by atoms with Gasteiger partial charge in [-0.15, -0.1) is 0 Å². The fourth-order valence-electron chi connectivity index (χ4n) is 2.54. The van der Waals surface area contributed by atoms with E-state index in [0.29, 0.717) is 11.1 Å². The number of nitrogens with one attached hydrogen (secondary N) is 2. The number of aromatic amines is 1. The summed E-state index contributed by atoms with van der Waals surface area (Å²) in [4.78, 5) is 15.5. The van der Waals surface area contributed by atoms with Crippen LogP contribution in [0.1, 0.15) is 32.6 Å². The van der Waals surface area contributed by atoms with Gasteiger partial charge in [0.15, 0.2) is 11.5 Å². The van der Waals surface area contributed by atoms with E-state index in [2.05, 4.69) is 32.2 Å². The predicted molar refractivity (Wildman–Crippen MR) is 71.8 cm³/mol. The second-order valence-corrected chi connectivity index (χ2v) is 5.34. The highest BCUT2D eigenvalue weighted by atomic mass is 35.5. The van der Waals surface area contributed by atoms with Crippen LogP contribution in [0.5, 0.6) is 0 Å². The monoisotopic (exact) mass is 265 g/mol. The van der Waals surface area contributed by atoms with Crippen LogP contribution in [0.3, 0.4) is 0 Å². The minimum absolute atomic E-state index is 0.233. The Morgan fingerprint density at radius 1 is 1.44 bits per heavy atom. The molecule has 0 amide bonds. The van der Waals surface area contributed by atoms with Crippen molar-refractivity contribution in [2.45, 2.75) is 32.6 Å². The van der Waals surface area contributed by atoms with E-state index in [1.165, 1.54) is 25.7 Å². The van der Waals surface area contributed by atoms with Crippen molar-refractivity contribution in [3.05, 3.63) is 11.6 Å². The number of imidazole rings is 1. The van der Waals surface area contributed by atoms with Crippen LogP contribution in [0.25, 0.3) is 11.2 Å². The van der Waals surface area contributed by atoms with Gasteiger partial charge in [0.25, 0.3) is 0 Å². The molecule has 2 heterocycles. The molecule has 2 aromatic heterocycles. The van der Waals surface area contributed by atoms with Crippen molar-refractivity contribution in [3.8, 4) is 0 Å². The number of rotatable bonds is 4. The Morgan fingerprint density at radius 3 is 2.94 bits per heavy atom. The second kappa shape index (κ2) is 4.39. The van der Waals surface area contributed by atoms with Crippen molar-refractivity contribution in [3.63, 3.8) is 0 Å². The summed E-state index contributed by atoms with van der Waals surface area (Å²) in [7, 11) is 0. The molecule has 2 N–H and O–H groups in total. The van der Waals surface area contributed by atoms with Crippen LogP contribution in [-0.2, 0) is 0 Å². The highest BCUT2D eigenvalue weighted by Gasteiger charge is 2.34. The average Bonchev–Trinajstić information content (AvgIpc) is 2.75. The number of H-pyrrole nitrogens is 1. The lowest BCUT2D eigenvalue weighted by molar-refractivity contribution is 0.145. The van der Waals surface area contributed by atoms with Crippen LogP contribution in [-0.4, -0.2) is 26.5 Å². The molecular formula is C12H16ClN5. The van der Waals surface area contributed by atoms with Gasteiger partial charge in [-0.3, -0.25) is 0 Å². The minimum Gasteiger partial charge on any atom is -0.368 e. The fraction of sp³-hybridized carbons (Fsp3) is 0.583. The number of halogens is 1. The molecule has 1 aliphatic carbocycles. The quantitative estimate of drug-likeness (QED) is 0.834. The van der Waals surface area contributed by atoms with Gasteiger partial charge in [0.2, 0.25) is 5.28 Å². The minimum atomic E-state index is 0.233. The molecule has 0 radical (unpaired) electrons. The first kappa shape index (κ1) is 11.7. The Balaban J connectivity index is 1.83. The van der Waals surface area contributed by atoms with Gasteiger partial charge in [0.1, 0.15) is 5.52 Å². The Hall–Kier alpha value is -1.36. The highest BCUT2D eigenvalue weighted by molar-refractivity contribution is 6.28. The Kier molecular flexibility index (Phi) is 2.86. The number of fused-ring (bicyclic) bond motifs is 1.